The number of nitrogens with one attached hydrogen (secondary N) is 1. The molecule has 0 heterocycles. The molecular formula is C12H16ClNO4. The SMILES string of the molecule is COc1cc(Cl)c(NC(=O)OC(C)(C)C)cc1O. The van der Waals surface area contributed by atoms with Gasteiger partial charge in [-0.3, -0.25) is 5.32 Å². The highest BCUT2D eigenvalue weighted by Crippen LogP contribution is 2.35. The smallest absolute Gasteiger partial charge is 0.412 e. The first-order chi connectivity index (χ1) is 8.23. The third-order valence-corrected chi connectivity index (χ3v) is 2.22. The lowest BCUT2D eigenvalue weighted by Gasteiger charge is -2.20. The van der Waals surface area contributed by atoms with E-state index in [-0.39, 0.29) is 22.2 Å². The average molecular weight is 274 g/mol. The second-order valence-corrected chi connectivity index (χ2v) is 5.04. The fourth-order valence-electron chi connectivity index (χ4n) is 1.22. The number of methoxy groups -OCH3 is 1. The van der Waals surface area contributed by atoms with Crippen molar-refractivity contribution in [1.29, 1.82) is 0 Å². The molecule has 1 rings (SSSR count). The Labute approximate surface area is 111 Å². The number of amides is 1. The number of carbonyl (C=O) groups excluding carboxylic acids is 1. The standard InChI is InChI=1S/C12H16ClNO4/c1-12(2,3)18-11(16)14-8-6-9(15)10(17-4)5-7(8)13/h5-6,15H,1-4H3,(H,14,16). The van der Waals surface area contributed by atoms with E-state index in [1.807, 2.05) is 0 Å². The van der Waals surface area contributed by atoms with E-state index in [0.717, 1.165) is 0 Å². The molecule has 0 aliphatic rings. The normalized spacial score (nSPS) is 10.9. The molecule has 1 aromatic carbocycles. The van der Waals surface area contributed by atoms with Crippen LogP contribution in [0, 0.1) is 0 Å². The average Bonchev–Trinajstić information content (AvgIpc) is 2.20. The number of phenolic OH excluding ortho intramolecular Hbond substituents is 1. The highest BCUT2D eigenvalue weighted by Gasteiger charge is 2.18. The molecule has 0 aliphatic carbocycles. The van der Waals surface area contributed by atoms with E-state index in [0.29, 0.717) is 0 Å². The van der Waals surface area contributed by atoms with E-state index < -0.39 is 11.7 Å². The molecule has 0 bridgehead atoms. The molecule has 0 saturated carbocycles. The van der Waals surface area contributed by atoms with Gasteiger partial charge in [-0.25, -0.2) is 4.79 Å². The molecule has 18 heavy (non-hydrogen) atoms. The fraction of sp³-hybridized carbons (Fsp3) is 0.417. The van der Waals surface area contributed by atoms with Gasteiger partial charge < -0.3 is 14.6 Å². The third kappa shape index (κ3) is 4.00. The summed E-state index contributed by atoms with van der Waals surface area (Å²) in [5, 5.41) is 12.3. The minimum absolute atomic E-state index is 0.118. The van der Waals surface area contributed by atoms with Crippen molar-refractivity contribution in [2.24, 2.45) is 0 Å². The number of aromatic hydroxyl groups is 1. The molecule has 0 radical (unpaired) electrons. The zero-order valence-electron chi connectivity index (χ0n) is 10.7. The Hall–Kier alpha value is -1.62. The van der Waals surface area contributed by atoms with Gasteiger partial charge >= 0.3 is 6.09 Å². The molecular weight excluding hydrogens is 258 g/mol. The molecule has 100 valence electrons. The Morgan fingerprint density at radius 1 is 1.39 bits per heavy atom. The van der Waals surface area contributed by atoms with E-state index >= 15 is 0 Å². The van der Waals surface area contributed by atoms with Crippen LogP contribution in [0.5, 0.6) is 11.5 Å². The van der Waals surface area contributed by atoms with Crippen LogP contribution in [0.3, 0.4) is 0 Å². The third-order valence-electron chi connectivity index (χ3n) is 1.90. The van der Waals surface area contributed by atoms with E-state index in [2.05, 4.69) is 5.32 Å². The summed E-state index contributed by atoms with van der Waals surface area (Å²) in [7, 11) is 1.41. The van der Waals surface area contributed by atoms with Crippen LogP contribution in [-0.2, 0) is 4.74 Å². The van der Waals surface area contributed by atoms with Crippen LogP contribution < -0.4 is 10.1 Å². The maximum absolute atomic E-state index is 11.5. The zero-order chi connectivity index (χ0) is 13.9. The molecule has 6 heteroatoms. The van der Waals surface area contributed by atoms with Crippen molar-refractivity contribution < 1.29 is 19.4 Å². The number of hydrogen-bond donors (Lipinski definition) is 2. The molecule has 2 N–H and O–H groups in total. The maximum Gasteiger partial charge on any atom is 0.412 e. The van der Waals surface area contributed by atoms with Crippen LogP contribution in [0.15, 0.2) is 12.1 Å². The second-order valence-electron chi connectivity index (χ2n) is 4.63. The van der Waals surface area contributed by atoms with Crippen molar-refractivity contribution in [2.45, 2.75) is 26.4 Å². The van der Waals surface area contributed by atoms with Crippen LogP contribution in [-0.4, -0.2) is 23.9 Å². The van der Waals surface area contributed by atoms with Crippen LogP contribution >= 0.6 is 11.6 Å². The summed E-state index contributed by atoms with van der Waals surface area (Å²) in [4.78, 5) is 11.5. The van der Waals surface area contributed by atoms with Gasteiger partial charge in [-0.2, -0.15) is 0 Å². The molecule has 1 aromatic rings. The van der Waals surface area contributed by atoms with Crippen molar-refractivity contribution >= 4 is 23.4 Å². The van der Waals surface area contributed by atoms with Gasteiger partial charge in [-0.05, 0) is 20.8 Å². The van der Waals surface area contributed by atoms with Crippen molar-refractivity contribution in [3.8, 4) is 11.5 Å². The molecule has 0 aliphatic heterocycles. The number of halogens is 1. The number of benzene rings is 1. The quantitative estimate of drug-likeness (QED) is 0.866. The van der Waals surface area contributed by atoms with Crippen LogP contribution in [0.1, 0.15) is 20.8 Å². The highest BCUT2D eigenvalue weighted by atomic mass is 35.5. The van der Waals surface area contributed by atoms with Crippen molar-refractivity contribution in [3.05, 3.63) is 17.2 Å². The first kappa shape index (κ1) is 14.4. The molecule has 0 fully saturated rings. The fourth-order valence-corrected chi connectivity index (χ4v) is 1.42. The lowest BCUT2D eigenvalue weighted by molar-refractivity contribution is 0.0636. The van der Waals surface area contributed by atoms with E-state index in [1.54, 1.807) is 20.8 Å². The van der Waals surface area contributed by atoms with Crippen molar-refractivity contribution in [3.63, 3.8) is 0 Å². The lowest BCUT2D eigenvalue weighted by atomic mass is 10.2. The number of anilines is 1. The first-order valence-electron chi connectivity index (χ1n) is 5.29. The molecule has 1 amide bonds. The summed E-state index contributed by atoms with van der Waals surface area (Å²) in [6, 6.07) is 2.70. The molecule has 0 atom stereocenters. The van der Waals surface area contributed by atoms with Crippen LogP contribution in [0.4, 0.5) is 10.5 Å². The number of carbonyl (C=O) groups is 1. The number of phenols is 1. The molecule has 5 nitrogen and oxygen atoms in total. The lowest BCUT2D eigenvalue weighted by Crippen LogP contribution is -2.27. The Kier molecular flexibility index (Phi) is 4.29. The monoisotopic (exact) mass is 273 g/mol. The van der Waals surface area contributed by atoms with Gasteiger partial charge in [-0.15, -0.1) is 0 Å². The number of rotatable bonds is 2. The largest absolute Gasteiger partial charge is 0.504 e. The van der Waals surface area contributed by atoms with E-state index in [1.165, 1.54) is 19.2 Å². The van der Waals surface area contributed by atoms with Crippen molar-refractivity contribution in [1.82, 2.24) is 0 Å². The predicted molar refractivity (Wildman–Crippen MR) is 69.5 cm³/mol. The Morgan fingerprint density at radius 2 is 2.00 bits per heavy atom. The summed E-state index contributed by atoms with van der Waals surface area (Å²) in [6.07, 6.45) is -0.644. The van der Waals surface area contributed by atoms with Gasteiger partial charge in [0.2, 0.25) is 0 Å². The summed E-state index contributed by atoms with van der Waals surface area (Å²) >= 11 is 5.93. The summed E-state index contributed by atoms with van der Waals surface area (Å²) in [5.74, 6) is 0.114. The van der Waals surface area contributed by atoms with Crippen LogP contribution in [0.2, 0.25) is 5.02 Å². The topological polar surface area (TPSA) is 67.8 Å². The molecule has 0 spiro atoms. The summed E-state index contributed by atoms with van der Waals surface area (Å²) in [5.41, 5.74) is -0.352. The maximum atomic E-state index is 11.5. The van der Waals surface area contributed by atoms with Gasteiger partial charge in [-0.1, -0.05) is 11.6 Å². The van der Waals surface area contributed by atoms with E-state index in [9.17, 15) is 9.90 Å². The van der Waals surface area contributed by atoms with E-state index in [4.69, 9.17) is 21.1 Å². The number of ether oxygens (including phenoxy) is 2. The predicted octanol–water partition coefficient (Wildman–Crippen LogP) is 3.40. The summed E-state index contributed by atoms with van der Waals surface area (Å²) < 4.78 is 9.96. The first-order valence-corrected chi connectivity index (χ1v) is 5.67. The molecule has 0 unspecified atom stereocenters. The Morgan fingerprint density at radius 3 is 2.50 bits per heavy atom. The minimum Gasteiger partial charge on any atom is -0.504 e. The van der Waals surface area contributed by atoms with Crippen molar-refractivity contribution in [2.75, 3.05) is 12.4 Å². The summed E-state index contributed by atoms with van der Waals surface area (Å²) in [6.45, 7) is 5.25. The second kappa shape index (κ2) is 5.35. The highest BCUT2D eigenvalue weighted by molar-refractivity contribution is 6.33. The zero-order valence-corrected chi connectivity index (χ0v) is 11.5. The van der Waals surface area contributed by atoms with Gasteiger partial charge in [0, 0.05) is 12.1 Å². The minimum atomic E-state index is -0.644. The Bertz CT molecular complexity index is 454. The molecule has 0 saturated heterocycles. The van der Waals surface area contributed by atoms with Crippen LogP contribution in [0.25, 0.3) is 0 Å². The van der Waals surface area contributed by atoms with Gasteiger partial charge in [0.05, 0.1) is 17.8 Å². The Balaban J connectivity index is 2.86. The molecule has 0 aromatic heterocycles. The van der Waals surface area contributed by atoms with Gasteiger partial charge in [0.1, 0.15) is 5.60 Å². The number of hydrogen-bond acceptors (Lipinski definition) is 4. The van der Waals surface area contributed by atoms with Gasteiger partial charge in [0.25, 0.3) is 0 Å². The van der Waals surface area contributed by atoms with Gasteiger partial charge in [0.15, 0.2) is 11.5 Å².